The molecule has 0 fully saturated rings. The topological polar surface area (TPSA) is 189 Å². The van der Waals surface area contributed by atoms with E-state index in [9.17, 15) is 38.9 Å². The second-order valence-corrected chi connectivity index (χ2v) is 8.60. The molecule has 0 aromatic heterocycles. The maximum absolute atomic E-state index is 11.5. The molecule has 0 aliphatic heterocycles. The van der Waals surface area contributed by atoms with Crippen LogP contribution in [0.5, 0.6) is 0 Å². The Morgan fingerprint density at radius 3 is 1.57 bits per heavy atom. The standard InChI is InChI=1S/C10H9NO9S3/c11-5-3-6-7(21(12,13)14)1-2-8(22(15,16)17)10(6)9(4-5)23(18,19)20/h1-4H,11H2,(H,12,13,14)(H,15,16,17)(H,18,19,20). The molecule has 0 saturated heterocycles. The van der Waals surface area contributed by atoms with Gasteiger partial charge in [-0.3, -0.25) is 13.7 Å². The van der Waals surface area contributed by atoms with Crippen molar-refractivity contribution in [3.8, 4) is 0 Å². The molecule has 0 aliphatic rings. The minimum absolute atomic E-state index is 0.331. The van der Waals surface area contributed by atoms with E-state index in [1.54, 1.807) is 0 Å². The van der Waals surface area contributed by atoms with E-state index in [4.69, 9.17) is 5.73 Å². The molecule has 0 radical (unpaired) electrons. The van der Waals surface area contributed by atoms with E-state index in [1.807, 2.05) is 0 Å². The van der Waals surface area contributed by atoms with Crippen molar-refractivity contribution >= 4 is 46.8 Å². The maximum atomic E-state index is 11.5. The highest BCUT2D eigenvalue weighted by atomic mass is 32.2. The highest BCUT2D eigenvalue weighted by Gasteiger charge is 2.27. The molecule has 0 unspecified atom stereocenters. The number of nitrogens with two attached hydrogens (primary N) is 1. The molecule has 2 aromatic rings. The van der Waals surface area contributed by atoms with E-state index < -0.39 is 55.8 Å². The number of hydrogen-bond acceptors (Lipinski definition) is 7. The summed E-state index contributed by atoms with van der Waals surface area (Å²) in [5.74, 6) is 0. The van der Waals surface area contributed by atoms with Gasteiger partial charge in [0.05, 0.1) is 0 Å². The number of fused-ring (bicyclic) bond motifs is 1. The van der Waals surface area contributed by atoms with Crippen LogP contribution in [-0.4, -0.2) is 38.9 Å². The van der Waals surface area contributed by atoms with Crippen molar-refractivity contribution in [2.75, 3.05) is 5.73 Å². The first-order valence-electron chi connectivity index (χ1n) is 5.51. The van der Waals surface area contributed by atoms with Crippen molar-refractivity contribution in [1.29, 1.82) is 0 Å². The van der Waals surface area contributed by atoms with Crippen molar-refractivity contribution in [2.45, 2.75) is 14.7 Å². The smallest absolute Gasteiger partial charge is 0.295 e. The zero-order chi connectivity index (χ0) is 17.8. The molecule has 5 N–H and O–H groups in total. The van der Waals surface area contributed by atoms with E-state index in [2.05, 4.69) is 0 Å². The molecular weight excluding hydrogens is 374 g/mol. The van der Waals surface area contributed by atoms with Crippen LogP contribution >= 0.6 is 0 Å². The molecule has 0 atom stereocenters. The molecular formula is C10H9NO9S3. The van der Waals surface area contributed by atoms with Crippen LogP contribution in [0.3, 0.4) is 0 Å². The molecule has 13 heteroatoms. The van der Waals surface area contributed by atoms with Gasteiger partial charge in [-0.25, -0.2) is 0 Å². The number of anilines is 1. The molecule has 2 rings (SSSR count). The maximum Gasteiger partial charge on any atom is 0.295 e. The lowest BCUT2D eigenvalue weighted by atomic mass is 10.1. The summed E-state index contributed by atoms with van der Waals surface area (Å²) in [6.07, 6.45) is 0. The Morgan fingerprint density at radius 1 is 0.696 bits per heavy atom. The fraction of sp³-hybridized carbons (Fsp3) is 0. The molecule has 0 aliphatic carbocycles. The Labute approximate surface area is 130 Å². The van der Waals surface area contributed by atoms with Gasteiger partial charge < -0.3 is 5.73 Å². The van der Waals surface area contributed by atoms with Crippen molar-refractivity contribution in [2.24, 2.45) is 0 Å². The normalized spacial score (nSPS) is 13.3. The number of hydrogen-bond donors (Lipinski definition) is 4. The quantitative estimate of drug-likeness (QED) is 0.419. The minimum Gasteiger partial charge on any atom is -0.399 e. The van der Waals surface area contributed by atoms with Gasteiger partial charge in [-0.05, 0) is 24.3 Å². The van der Waals surface area contributed by atoms with Crippen LogP contribution in [0.25, 0.3) is 10.8 Å². The third-order valence-corrected chi connectivity index (χ3v) is 5.54. The van der Waals surface area contributed by atoms with Crippen LogP contribution in [0.1, 0.15) is 0 Å². The first-order valence-corrected chi connectivity index (χ1v) is 9.83. The third kappa shape index (κ3) is 3.29. The number of rotatable bonds is 3. The summed E-state index contributed by atoms with van der Waals surface area (Å²) >= 11 is 0. The Kier molecular flexibility index (Phi) is 3.91. The van der Waals surface area contributed by atoms with Gasteiger partial charge in [0.2, 0.25) is 0 Å². The molecule has 0 amide bonds. The summed E-state index contributed by atoms with van der Waals surface area (Å²) in [6, 6.07) is 2.78. The molecule has 2 aromatic carbocycles. The van der Waals surface area contributed by atoms with E-state index in [0.29, 0.717) is 18.2 Å². The monoisotopic (exact) mass is 383 g/mol. The summed E-state index contributed by atoms with van der Waals surface area (Å²) in [4.78, 5) is -2.87. The van der Waals surface area contributed by atoms with Crippen LogP contribution < -0.4 is 5.73 Å². The molecule has 0 heterocycles. The average molecular weight is 383 g/mol. The van der Waals surface area contributed by atoms with Crippen molar-refractivity contribution in [1.82, 2.24) is 0 Å². The van der Waals surface area contributed by atoms with E-state index in [1.165, 1.54) is 0 Å². The second kappa shape index (κ2) is 5.12. The Hall–Kier alpha value is -1.77. The van der Waals surface area contributed by atoms with Crippen molar-refractivity contribution < 1.29 is 38.9 Å². The summed E-state index contributed by atoms with van der Waals surface area (Å²) in [6.45, 7) is 0. The summed E-state index contributed by atoms with van der Waals surface area (Å²) in [5.41, 5.74) is 5.10. The SMILES string of the molecule is Nc1cc(S(=O)(=O)O)c2c(S(=O)(=O)O)ccc(S(=O)(=O)O)c2c1. The lowest BCUT2D eigenvalue weighted by molar-refractivity contribution is 0.478. The second-order valence-electron chi connectivity index (χ2n) is 4.43. The average Bonchev–Trinajstić information content (AvgIpc) is 2.32. The molecule has 126 valence electrons. The lowest BCUT2D eigenvalue weighted by Crippen LogP contribution is -2.09. The minimum atomic E-state index is -5.03. The van der Waals surface area contributed by atoms with Crippen LogP contribution in [0.4, 0.5) is 5.69 Å². The predicted molar refractivity (Wildman–Crippen MR) is 77.8 cm³/mol. The van der Waals surface area contributed by atoms with E-state index >= 15 is 0 Å². The first-order chi connectivity index (χ1) is 10.2. The van der Waals surface area contributed by atoms with E-state index in [-0.39, 0.29) is 5.69 Å². The Bertz CT molecular complexity index is 1130. The highest BCUT2D eigenvalue weighted by Crippen LogP contribution is 2.35. The van der Waals surface area contributed by atoms with Gasteiger partial charge >= 0.3 is 0 Å². The Morgan fingerprint density at radius 2 is 1.13 bits per heavy atom. The zero-order valence-corrected chi connectivity index (χ0v) is 13.4. The van der Waals surface area contributed by atoms with Gasteiger partial charge in [0.1, 0.15) is 14.7 Å². The summed E-state index contributed by atoms with van der Waals surface area (Å²) < 4.78 is 96.0. The summed E-state index contributed by atoms with van der Waals surface area (Å²) in [7, 11) is -14.9. The van der Waals surface area contributed by atoms with Gasteiger partial charge in [0.15, 0.2) is 0 Å². The zero-order valence-electron chi connectivity index (χ0n) is 10.9. The van der Waals surface area contributed by atoms with Crippen molar-refractivity contribution in [3.05, 3.63) is 24.3 Å². The predicted octanol–water partition coefficient (Wildman–Crippen LogP) is 0.162. The van der Waals surface area contributed by atoms with Gasteiger partial charge in [-0.1, -0.05) is 0 Å². The van der Waals surface area contributed by atoms with Gasteiger partial charge in [0, 0.05) is 16.5 Å². The van der Waals surface area contributed by atoms with Crippen LogP contribution in [0.2, 0.25) is 0 Å². The largest absolute Gasteiger partial charge is 0.399 e. The molecule has 0 spiro atoms. The highest BCUT2D eigenvalue weighted by molar-refractivity contribution is 7.87. The van der Waals surface area contributed by atoms with Gasteiger partial charge in [-0.15, -0.1) is 0 Å². The van der Waals surface area contributed by atoms with Crippen molar-refractivity contribution in [3.63, 3.8) is 0 Å². The molecule has 10 nitrogen and oxygen atoms in total. The fourth-order valence-electron chi connectivity index (χ4n) is 2.05. The van der Waals surface area contributed by atoms with Crippen LogP contribution in [-0.2, 0) is 30.4 Å². The molecule has 0 saturated carbocycles. The van der Waals surface area contributed by atoms with Crippen LogP contribution in [0.15, 0.2) is 39.0 Å². The number of benzene rings is 2. The van der Waals surface area contributed by atoms with Gasteiger partial charge in [0.25, 0.3) is 30.4 Å². The summed E-state index contributed by atoms with van der Waals surface area (Å²) in [5, 5.41) is -1.42. The van der Waals surface area contributed by atoms with Crippen LogP contribution in [0, 0.1) is 0 Å². The first kappa shape index (κ1) is 17.6. The fourth-order valence-corrected chi connectivity index (χ4v) is 4.28. The Balaban J connectivity index is 3.29. The third-order valence-electron chi connectivity index (χ3n) is 2.86. The molecule has 23 heavy (non-hydrogen) atoms. The molecule has 0 bridgehead atoms. The van der Waals surface area contributed by atoms with Gasteiger partial charge in [-0.2, -0.15) is 25.3 Å². The lowest BCUT2D eigenvalue weighted by Gasteiger charge is -2.12. The number of nitrogen functional groups attached to an aromatic ring is 1. The van der Waals surface area contributed by atoms with E-state index in [0.717, 1.165) is 6.07 Å².